The third-order valence-corrected chi connectivity index (χ3v) is 2.24. The first-order chi connectivity index (χ1) is 8.31. The number of alkyl halides is 1. The van der Waals surface area contributed by atoms with Gasteiger partial charge in [0.25, 0.3) is 0 Å². The van der Waals surface area contributed by atoms with E-state index in [1.807, 2.05) is 0 Å². The molecule has 2 aromatic rings. The van der Waals surface area contributed by atoms with Crippen LogP contribution in [0.15, 0.2) is 17.2 Å². The molecule has 0 aliphatic heterocycles. The SMILES string of the molecule is O=c1[nH]nc2cc(NCCOCCCl)ncn12. The molecule has 7 nitrogen and oxygen atoms in total. The molecule has 0 saturated carbocycles. The Bertz CT molecular complexity index is 537. The Morgan fingerprint density at radius 1 is 1.53 bits per heavy atom. The molecule has 0 atom stereocenters. The fraction of sp³-hybridized carbons (Fsp3) is 0.444. The van der Waals surface area contributed by atoms with Crippen LogP contribution in [-0.4, -0.2) is 45.2 Å². The smallest absolute Gasteiger partial charge is 0.348 e. The van der Waals surface area contributed by atoms with Gasteiger partial charge in [-0.15, -0.1) is 11.6 Å². The van der Waals surface area contributed by atoms with Crippen molar-refractivity contribution >= 4 is 23.1 Å². The van der Waals surface area contributed by atoms with Crippen LogP contribution in [0.25, 0.3) is 5.65 Å². The van der Waals surface area contributed by atoms with Crippen LogP contribution in [-0.2, 0) is 4.74 Å². The fourth-order valence-electron chi connectivity index (χ4n) is 1.31. The second-order valence-corrected chi connectivity index (χ2v) is 3.64. The molecule has 0 fully saturated rings. The van der Waals surface area contributed by atoms with Gasteiger partial charge in [-0.2, -0.15) is 5.10 Å². The lowest BCUT2D eigenvalue weighted by Crippen LogP contribution is -2.13. The summed E-state index contributed by atoms with van der Waals surface area (Å²) in [5.74, 6) is 1.13. The topological polar surface area (TPSA) is 84.3 Å². The zero-order valence-electron chi connectivity index (χ0n) is 9.02. The van der Waals surface area contributed by atoms with Crippen molar-refractivity contribution in [1.29, 1.82) is 0 Å². The fourth-order valence-corrected chi connectivity index (χ4v) is 1.42. The zero-order chi connectivity index (χ0) is 12.1. The van der Waals surface area contributed by atoms with Crippen molar-refractivity contribution in [3.63, 3.8) is 0 Å². The number of hydrogen-bond donors (Lipinski definition) is 2. The Balaban J connectivity index is 1.93. The van der Waals surface area contributed by atoms with E-state index >= 15 is 0 Å². The summed E-state index contributed by atoms with van der Waals surface area (Å²) in [6.07, 6.45) is 1.42. The van der Waals surface area contributed by atoms with Gasteiger partial charge in [0.1, 0.15) is 12.1 Å². The molecular formula is C9H12ClN5O2. The minimum Gasteiger partial charge on any atom is -0.378 e. The average Bonchev–Trinajstić information content (AvgIpc) is 2.71. The van der Waals surface area contributed by atoms with E-state index in [1.54, 1.807) is 6.07 Å². The molecule has 0 radical (unpaired) electrons. The van der Waals surface area contributed by atoms with Gasteiger partial charge in [0.05, 0.1) is 13.2 Å². The van der Waals surface area contributed by atoms with Gasteiger partial charge in [-0.05, 0) is 0 Å². The standard InChI is InChI=1S/C9H12ClN5O2/c10-1-3-17-4-2-11-7-5-8-13-14-9(16)15(8)6-12-7/h5-6,11H,1-4H2,(H,14,16). The summed E-state index contributed by atoms with van der Waals surface area (Å²) in [5, 5.41) is 9.23. The first-order valence-electron chi connectivity index (χ1n) is 5.11. The first-order valence-corrected chi connectivity index (χ1v) is 5.65. The van der Waals surface area contributed by atoms with Crippen LogP contribution in [0.1, 0.15) is 0 Å². The lowest BCUT2D eigenvalue weighted by molar-refractivity contribution is 0.160. The van der Waals surface area contributed by atoms with Crippen molar-refractivity contribution in [2.75, 3.05) is 31.0 Å². The minimum atomic E-state index is -0.301. The van der Waals surface area contributed by atoms with Crippen molar-refractivity contribution in [2.24, 2.45) is 0 Å². The van der Waals surface area contributed by atoms with E-state index in [-0.39, 0.29) is 5.69 Å². The van der Waals surface area contributed by atoms with Crippen LogP contribution in [0.5, 0.6) is 0 Å². The van der Waals surface area contributed by atoms with E-state index in [9.17, 15) is 4.79 Å². The van der Waals surface area contributed by atoms with Gasteiger partial charge in [-0.25, -0.2) is 19.3 Å². The Hall–Kier alpha value is -1.60. The summed E-state index contributed by atoms with van der Waals surface area (Å²) in [4.78, 5) is 15.2. The van der Waals surface area contributed by atoms with Gasteiger partial charge in [0.15, 0.2) is 5.65 Å². The molecule has 92 valence electrons. The number of nitrogens with one attached hydrogen (secondary N) is 2. The van der Waals surface area contributed by atoms with Crippen molar-refractivity contribution in [3.05, 3.63) is 22.9 Å². The normalized spacial score (nSPS) is 10.9. The van der Waals surface area contributed by atoms with E-state index in [0.29, 0.717) is 37.1 Å². The number of anilines is 1. The molecule has 0 aliphatic carbocycles. The summed E-state index contributed by atoms with van der Waals surface area (Å²) in [7, 11) is 0. The molecule has 2 rings (SSSR count). The number of nitrogens with zero attached hydrogens (tertiary/aromatic N) is 3. The van der Waals surface area contributed by atoms with Gasteiger partial charge in [0.2, 0.25) is 0 Å². The minimum absolute atomic E-state index is 0.301. The van der Waals surface area contributed by atoms with Crippen molar-refractivity contribution in [2.45, 2.75) is 0 Å². The highest BCUT2D eigenvalue weighted by atomic mass is 35.5. The second kappa shape index (κ2) is 5.65. The number of aromatic amines is 1. The summed E-state index contributed by atoms with van der Waals surface area (Å²) in [6, 6.07) is 1.68. The Morgan fingerprint density at radius 2 is 2.41 bits per heavy atom. The van der Waals surface area contributed by atoms with E-state index in [1.165, 1.54) is 10.7 Å². The van der Waals surface area contributed by atoms with Gasteiger partial charge in [-0.1, -0.05) is 0 Å². The molecule has 0 aliphatic rings. The number of aromatic nitrogens is 4. The molecule has 2 aromatic heterocycles. The lowest BCUT2D eigenvalue weighted by atomic mass is 10.5. The highest BCUT2D eigenvalue weighted by molar-refractivity contribution is 6.17. The van der Waals surface area contributed by atoms with Crippen LogP contribution in [0.2, 0.25) is 0 Å². The third kappa shape index (κ3) is 2.95. The van der Waals surface area contributed by atoms with Gasteiger partial charge in [0, 0.05) is 18.5 Å². The molecule has 0 aromatic carbocycles. The molecule has 0 bridgehead atoms. The number of hydrogen-bond acceptors (Lipinski definition) is 5. The third-order valence-electron chi connectivity index (χ3n) is 2.08. The highest BCUT2D eigenvalue weighted by Crippen LogP contribution is 2.03. The summed E-state index contributed by atoms with van der Waals surface area (Å²) in [5.41, 5.74) is 0.221. The number of rotatable bonds is 6. The largest absolute Gasteiger partial charge is 0.378 e. The van der Waals surface area contributed by atoms with Crippen LogP contribution < -0.4 is 11.0 Å². The Morgan fingerprint density at radius 3 is 3.24 bits per heavy atom. The predicted molar refractivity (Wildman–Crippen MR) is 63.6 cm³/mol. The van der Waals surface area contributed by atoms with Crippen molar-refractivity contribution in [3.8, 4) is 0 Å². The molecule has 2 heterocycles. The molecule has 17 heavy (non-hydrogen) atoms. The maximum Gasteiger partial charge on any atom is 0.348 e. The monoisotopic (exact) mass is 257 g/mol. The van der Waals surface area contributed by atoms with E-state index in [2.05, 4.69) is 20.5 Å². The van der Waals surface area contributed by atoms with Gasteiger partial charge in [-0.3, -0.25) is 0 Å². The predicted octanol–water partition coefficient (Wildman–Crippen LogP) is 0.0849. The average molecular weight is 258 g/mol. The quantitative estimate of drug-likeness (QED) is 0.566. The Labute approximate surface area is 102 Å². The lowest BCUT2D eigenvalue weighted by Gasteiger charge is -2.05. The number of fused-ring (bicyclic) bond motifs is 1. The van der Waals surface area contributed by atoms with Gasteiger partial charge >= 0.3 is 5.69 Å². The summed E-state index contributed by atoms with van der Waals surface area (Å²) >= 11 is 5.46. The van der Waals surface area contributed by atoms with Crippen LogP contribution >= 0.6 is 11.6 Å². The van der Waals surface area contributed by atoms with Crippen LogP contribution in [0.4, 0.5) is 5.82 Å². The van der Waals surface area contributed by atoms with Crippen molar-refractivity contribution < 1.29 is 4.74 Å². The summed E-state index contributed by atoms with van der Waals surface area (Å²) < 4.78 is 6.53. The Kier molecular flexibility index (Phi) is 3.94. The number of halogens is 1. The molecule has 0 unspecified atom stereocenters. The molecule has 0 saturated heterocycles. The molecule has 2 N–H and O–H groups in total. The van der Waals surface area contributed by atoms with E-state index < -0.39 is 0 Å². The highest BCUT2D eigenvalue weighted by Gasteiger charge is 2.01. The second-order valence-electron chi connectivity index (χ2n) is 3.26. The maximum absolute atomic E-state index is 11.2. The van der Waals surface area contributed by atoms with E-state index in [4.69, 9.17) is 16.3 Å². The number of H-pyrrole nitrogens is 1. The van der Waals surface area contributed by atoms with Gasteiger partial charge < -0.3 is 10.1 Å². The van der Waals surface area contributed by atoms with Crippen LogP contribution in [0.3, 0.4) is 0 Å². The van der Waals surface area contributed by atoms with Crippen molar-refractivity contribution in [1.82, 2.24) is 19.6 Å². The zero-order valence-corrected chi connectivity index (χ0v) is 9.78. The molecular weight excluding hydrogens is 246 g/mol. The molecule has 0 spiro atoms. The maximum atomic E-state index is 11.2. The molecule has 8 heteroatoms. The van der Waals surface area contributed by atoms with Crippen LogP contribution in [0, 0.1) is 0 Å². The molecule has 0 amide bonds. The first kappa shape index (κ1) is 11.9. The number of ether oxygens (including phenoxy) is 1. The summed E-state index contributed by atoms with van der Waals surface area (Å²) in [6.45, 7) is 1.70. The van der Waals surface area contributed by atoms with E-state index in [0.717, 1.165) is 0 Å².